The Bertz CT molecular complexity index is 1190. The molecular weight excluding hydrogens is 491 g/mol. The molecule has 3 atom stereocenters. The average molecular weight is 527 g/mol. The zero-order valence-corrected chi connectivity index (χ0v) is 22.2. The minimum Gasteiger partial charge on any atom is -0.497 e. The minimum atomic E-state index is -1.10. The Kier molecular flexibility index (Phi) is 9.75. The summed E-state index contributed by atoms with van der Waals surface area (Å²) in [5, 5.41) is 10.8. The molecule has 37 heavy (non-hydrogen) atoms. The highest BCUT2D eigenvalue weighted by molar-refractivity contribution is 6.30. The molecule has 198 valence electrons. The number of fused-ring (bicyclic) bond motifs is 1. The Morgan fingerprint density at radius 2 is 2.08 bits per heavy atom. The number of aliphatic carboxylic acids is 1. The van der Waals surface area contributed by atoms with Crippen molar-refractivity contribution in [1.29, 1.82) is 0 Å². The Morgan fingerprint density at radius 3 is 2.86 bits per heavy atom. The van der Waals surface area contributed by atoms with Gasteiger partial charge < -0.3 is 14.7 Å². The molecule has 1 N–H and O–H groups in total. The molecule has 4 rings (SSSR count). The number of alkyl halides is 1. The lowest BCUT2D eigenvalue weighted by Crippen LogP contribution is -2.41. The second-order valence-electron chi connectivity index (χ2n) is 10.1. The van der Waals surface area contributed by atoms with Crippen molar-refractivity contribution in [1.82, 2.24) is 9.88 Å². The maximum atomic E-state index is 15.5. The van der Waals surface area contributed by atoms with Gasteiger partial charge in [-0.3, -0.25) is 9.78 Å². The topological polar surface area (TPSA) is 62.7 Å². The van der Waals surface area contributed by atoms with Crippen LogP contribution in [0, 0.1) is 11.8 Å². The van der Waals surface area contributed by atoms with Crippen molar-refractivity contribution in [2.45, 2.75) is 51.1 Å². The number of ether oxygens (including phenoxy) is 1. The van der Waals surface area contributed by atoms with E-state index in [0.717, 1.165) is 61.2 Å². The van der Waals surface area contributed by atoms with Gasteiger partial charge in [0.05, 0.1) is 12.6 Å². The largest absolute Gasteiger partial charge is 0.497 e. The van der Waals surface area contributed by atoms with Crippen LogP contribution in [0.2, 0.25) is 5.02 Å². The highest BCUT2D eigenvalue weighted by Crippen LogP contribution is 2.36. The van der Waals surface area contributed by atoms with E-state index < -0.39 is 12.1 Å². The SMILES string of the molecule is COc1ccc2nccc([C@@H](F)CCC3CCN(CCCc4cccc(Cl)c4)CC3CCC(=O)O)c2c1. The summed E-state index contributed by atoms with van der Waals surface area (Å²) in [6.45, 7) is 2.81. The van der Waals surface area contributed by atoms with Crippen LogP contribution in [0.25, 0.3) is 10.9 Å². The van der Waals surface area contributed by atoms with Gasteiger partial charge in [0.25, 0.3) is 0 Å². The fourth-order valence-corrected chi connectivity index (χ4v) is 5.85. The summed E-state index contributed by atoms with van der Waals surface area (Å²) in [4.78, 5) is 18.1. The molecule has 1 aromatic heterocycles. The Morgan fingerprint density at radius 1 is 1.22 bits per heavy atom. The third-order valence-electron chi connectivity index (χ3n) is 7.64. The van der Waals surface area contributed by atoms with E-state index in [0.29, 0.717) is 30.1 Å². The molecule has 0 radical (unpaired) electrons. The highest BCUT2D eigenvalue weighted by Gasteiger charge is 2.30. The number of rotatable bonds is 12. The van der Waals surface area contributed by atoms with Crippen molar-refractivity contribution in [3.8, 4) is 5.75 Å². The molecular formula is C30H36ClFN2O3. The van der Waals surface area contributed by atoms with Gasteiger partial charge in [0.1, 0.15) is 11.9 Å². The zero-order valence-electron chi connectivity index (χ0n) is 21.4. The molecule has 1 aliphatic heterocycles. The number of piperidine rings is 1. The van der Waals surface area contributed by atoms with Gasteiger partial charge >= 0.3 is 5.97 Å². The second kappa shape index (κ2) is 13.2. The number of methoxy groups -OCH3 is 1. The van der Waals surface area contributed by atoms with Crippen LogP contribution in [-0.4, -0.2) is 47.7 Å². The smallest absolute Gasteiger partial charge is 0.303 e. The van der Waals surface area contributed by atoms with Crippen LogP contribution >= 0.6 is 11.6 Å². The molecule has 1 aliphatic rings. The van der Waals surface area contributed by atoms with Gasteiger partial charge in [-0.1, -0.05) is 23.7 Å². The van der Waals surface area contributed by atoms with Crippen LogP contribution < -0.4 is 4.74 Å². The van der Waals surface area contributed by atoms with Crippen molar-refractivity contribution >= 4 is 28.5 Å². The molecule has 0 aliphatic carbocycles. The molecule has 5 nitrogen and oxygen atoms in total. The van der Waals surface area contributed by atoms with Crippen molar-refractivity contribution in [2.75, 3.05) is 26.7 Å². The van der Waals surface area contributed by atoms with E-state index in [-0.39, 0.29) is 12.3 Å². The van der Waals surface area contributed by atoms with Gasteiger partial charge in [-0.2, -0.15) is 0 Å². The summed E-state index contributed by atoms with van der Waals surface area (Å²) in [7, 11) is 1.60. The summed E-state index contributed by atoms with van der Waals surface area (Å²) in [6, 6.07) is 15.3. The van der Waals surface area contributed by atoms with E-state index in [1.807, 2.05) is 36.4 Å². The molecule has 2 aromatic carbocycles. The van der Waals surface area contributed by atoms with Crippen LogP contribution in [0.5, 0.6) is 5.75 Å². The predicted octanol–water partition coefficient (Wildman–Crippen LogP) is 7.12. The number of carboxylic acid groups (broad SMARTS) is 1. The standard InChI is InChI=1S/C30H36ClFN2O3/c1-37-25-9-11-29-27(19-25)26(13-15-33-29)28(32)10-7-22-14-17-34(20-23(22)8-12-30(35)36)16-3-5-21-4-2-6-24(31)18-21/h2,4,6,9,11,13,15,18-19,22-23,28H,3,5,7-8,10,12,14,16-17,20H2,1H3,(H,35,36)/t22?,23?,28-/m0/s1. The van der Waals surface area contributed by atoms with E-state index in [1.165, 1.54) is 5.56 Å². The van der Waals surface area contributed by atoms with E-state index in [4.69, 9.17) is 16.3 Å². The third-order valence-corrected chi connectivity index (χ3v) is 7.88. The maximum absolute atomic E-state index is 15.5. The van der Waals surface area contributed by atoms with Crippen molar-refractivity contribution in [2.24, 2.45) is 11.8 Å². The summed E-state index contributed by atoms with van der Waals surface area (Å²) in [5.74, 6) is 0.504. The van der Waals surface area contributed by atoms with E-state index in [9.17, 15) is 9.90 Å². The second-order valence-corrected chi connectivity index (χ2v) is 10.5. The van der Waals surface area contributed by atoms with Crippen molar-refractivity contribution in [3.05, 3.63) is 70.9 Å². The first-order chi connectivity index (χ1) is 17.9. The molecule has 0 spiro atoms. The quantitative estimate of drug-likeness (QED) is 0.272. The number of hydrogen-bond acceptors (Lipinski definition) is 4. The lowest BCUT2D eigenvalue weighted by molar-refractivity contribution is -0.137. The van der Waals surface area contributed by atoms with Gasteiger partial charge in [-0.25, -0.2) is 4.39 Å². The van der Waals surface area contributed by atoms with Gasteiger partial charge in [0.15, 0.2) is 0 Å². The number of likely N-dealkylation sites (tertiary alicyclic amines) is 1. The number of halogens is 2. The minimum absolute atomic E-state index is 0.158. The molecule has 7 heteroatoms. The lowest BCUT2D eigenvalue weighted by Gasteiger charge is -2.39. The van der Waals surface area contributed by atoms with Crippen molar-refractivity contribution < 1.29 is 19.0 Å². The Balaban J connectivity index is 1.35. The van der Waals surface area contributed by atoms with Crippen LogP contribution in [0.1, 0.15) is 55.8 Å². The summed E-state index contributed by atoms with van der Waals surface area (Å²) in [5.41, 5.74) is 2.64. The van der Waals surface area contributed by atoms with E-state index in [2.05, 4.69) is 16.0 Å². The third kappa shape index (κ3) is 7.65. The molecule has 1 saturated heterocycles. The molecule has 2 unspecified atom stereocenters. The first kappa shape index (κ1) is 27.3. The number of pyridine rings is 1. The number of carboxylic acids is 1. The molecule has 0 amide bonds. The molecule has 3 aromatic rings. The normalized spacial score (nSPS) is 19.1. The lowest BCUT2D eigenvalue weighted by atomic mass is 9.79. The molecule has 0 bridgehead atoms. The van der Waals surface area contributed by atoms with Gasteiger partial charge in [-0.15, -0.1) is 0 Å². The first-order valence-corrected chi connectivity index (χ1v) is 13.6. The number of aryl methyl sites for hydroxylation is 1. The van der Waals surface area contributed by atoms with Gasteiger partial charge in [-0.05, 0) is 111 Å². The van der Waals surface area contributed by atoms with Crippen LogP contribution in [0.4, 0.5) is 4.39 Å². The predicted molar refractivity (Wildman–Crippen MR) is 146 cm³/mol. The Labute approximate surface area is 223 Å². The van der Waals surface area contributed by atoms with E-state index in [1.54, 1.807) is 19.4 Å². The van der Waals surface area contributed by atoms with Crippen LogP contribution in [0.3, 0.4) is 0 Å². The maximum Gasteiger partial charge on any atom is 0.303 e. The van der Waals surface area contributed by atoms with Crippen LogP contribution in [0.15, 0.2) is 54.7 Å². The summed E-state index contributed by atoms with van der Waals surface area (Å²) in [6.07, 6.45) is 5.48. The molecule has 2 heterocycles. The summed E-state index contributed by atoms with van der Waals surface area (Å²) < 4.78 is 20.9. The van der Waals surface area contributed by atoms with Crippen molar-refractivity contribution in [3.63, 3.8) is 0 Å². The fourth-order valence-electron chi connectivity index (χ4n) is 5.64. The zero-order chi connectivity index (χ0) is 26.2. The van der Waals surface area contributed by atoms with Crippen LogP contribution in [-0.2, 0) is 11.2 Å². The molecule has 0 saturated carbocycles. The number of benzene rings is 2. The highest BCUT2D eigenvalue weighted by atomic mass is 35.5. The van der Waals surface area contributed by atoms with Gasteiger partial charge in [0, 0.05) is 29.6 Å². The number of carbonyl (C=O) groups is 1. The number of aromatic nitrogens is 1. The number of nitrogens with zero attached hydrogens (tertiary/aromatic N) is 2. The molecule has 1 fully saturated rings. The summed E-state index contributed by atoms with van der Waals surface area (Å²) >= 11 is 6.11. The van der Waals surface area contributed by atoms with E-state index >= 15 is 4.39 Å². The monoisotopic (exact) mass is 526 g/mol. The average Bonchev–Trinajstić information content (AvgIpc) is 2.90. The first-order valence-electron chi connectivity index (χ1n) is 13.2. The van der Waals surface area contributed by atoms with Gasteiger partial charge in [0.2, 0.25) is 0 Å². The fraction of sp³-hybridized carbons (Fsp3) is 0.467. The Hall–Kier alpha value is -2.70. The number of hydrogen-bond donors (Lipinski definition) is 1.